The number of carbonyl (C=O) groups is 1. The molecule has 5 nitrogen and oxygen atoms in total. The maximum absolute atomic E-state index is 13.1. The van der Waals surface area contributed by atoms with Gasteiger partial charge in [0.1, 0.15) is 12.4 Å². The standard InChI is InChI=1S/C29H26Cl3NO4S/c30-23-2-1-3-24(31)26(23)27(33)21(28(34)17-4-5-17)15-37-19-8-11-22(25(32)12-19)29(35)13-18(14-29)16-6-9-20(38-36)10-7-16/h1-3,6-12,17-18,35-36H,4-5,13-15,33H2. The van der Waals surface area contributed by atoms with E-state index >= 15 is 0 Å². The summed E-state index contributed by atoms with van der Waals surface area (Å²) in [5.74, 6) is 0.514. The zero-order chi connectivity index (χ0) is 27.0. The van der Waals surface area contributed by atoms with Gasteiger partial charge >= 0.3 is 0 Å². The normalized spacial score (nSPS) is 21.4. The van der Waals surface area contributed by atoms with Crippen molar-refractivity contribution in [2.75, 3.05) is 6.61 Å². The summed E-state index contributed by atoms with van der Waals surface area (Å²) in [6.07, 6.45) is 2.71. The van der Waals surface area contributed by atoms with E-state index in [9.17, 15) is 9.90 Å². The van der Waals surface area contributed by atoms with Crippen molar-refractivity contribution in [3.8, 4) is 5.75 Å². The lowest BCUT2D eigenvalue weighted by molar-refractivity contribution is -0.116. The number of nitrogens with two attached hydrogens (primary N) is 1. The van der Waals surface area contributed by atoms with Crippen LogP contribution in [0.4, 0.5) is 0 Å². The highest BCUT2D eigenvalue weighted by Crippen LogP contribution is 2.52. The van der Waals surface area contributed by atoms with E-state index in [-0.39, 0.29) is 29.9 Å². The van der Waals surface area contributed by atoms with Gasteiger partial charge in [0.25, 0.3) is 0 Å². The SMILES string of the molecule is NC(=C(COc1ccc(C2(O)CC(c3ccc(SO)cc3)C2)c(Cl)c1)C(=O)C1CC1)c1c(Cl)cccc1Cl. The van der Waals surface area contributed by atoms with Gasteiger partial charge in [-0.2, -0.15) is 0 Å². The highest BCUT2D eigenvalue weighted by molar-refractivity contribution is 7.93. The Morgan fingerprint density at radius 3 is 2.24 bits per heavy atom. The minimum absolute atomic E-state index is 0.0626. The molecule has 0 aromatic heterocycles. The molecule has 0 aliphatic heterocycles. The maximum Gasteiger partial charge on any atom is 0.167 e. The molecule has 0 spiro atoms. The summed E-state index contributed by atoms with van der Waals surface area (Å²) in [4.78, 5) is 13.8. The zero-order valence-electron chi connectivity index (χ0n) is 20.3. The van der Waals surface area contributed by atoms with Gasteiger partial charge in [-0.25, -0.2) is 0 Å². The van der Waals surface area contributed by atoms with Crippen LogP contribution in [0.1, 0.15) is 48.3 Å². The number of ketones is 1. The molecule has 38 heavy (non-hydrogen) atoms. The third-order valence-electron chi connectivity index (χ3n) is 7.25. The molecule has 0 bridgehead atoms. The lowest BCUT2D eigenvalue weighted by Gasteiger charge is -2.44. The van der Waals surface area contributed by atoms with Gasteiger partial charge in [0.15, 0.2) is 5.78 Å². The molecule has 0 saturated heterocycles. The Morgan fingerprint density at radius 2 is 1.66 bits per heavy atom. The minimum atomic E-state index is -1.04. The van der Waals surface area contributed by atoms with Crippen LogP contribution in [0.25, 0.3) is 5.70 Å². The van der Waals surface area contributed by atoms with Gasteiger partial charge in [-0.15, -0.1) is 0 Å². The Hall–Kier alpha value is -2.19. The van der Waals surface area contributed by atoms with Crippen molar-refractivity contribution in [2.45, 2.75) is 42.1 Å². The van der Waals surface area contributed by atoms with Gasteiger partial charge in [0, 0.05) is 34.0 Å². The topological polar surface area (TPSA) is 92.8 Å². The molecule has 0 atom stereocenters. The Labute approximate surface area is 240 Å². The van der Waals surface area contributed by atoms with Crippen molar-refractivity contribution in [3.05, 3.63) is 98.0 Å². The maximum atomic E-state index is 13.1. The second-order valence-corrected chi connectivity index (χ2v) is 11.7. The van der Waals surface area contributed by atoms with E-state index in [0.717, 1.165) is 23.3 Å². The Morgan fingerprint density at radius 1 is 1.00 bits per heavy atom. The van der Waals surface area contributed by atoms with Crippen LogP contribution in [0.15, 0.2) is 71.1 Å². The largest absolute Gasteiger partial charge is 0.489 e. The van der Waals surface area contributed by atoms with E-state index in [4.69, 9.17) is 49.8 Å². The van der Waals surface area contributed by atoms with Crippen molar-refractivity contribution < 1.29 is 19.2 Å². The highest BCUT2D eigenvalue weighted by atomic mass is 35.5. The molecule has 0 heterocycles. The van der Waals surface area contributed by atoms with Crippen molar-refractivity contribution in [3.63, 3.8) is 0 Å². The highest BCUT2D eigenvalue weighted by Gasteiger charge is 2.45. The number of hydrogen-bond acceptors (Lipinski definition) is 6. The second kappa shape index (κ2) is 11.1. The van der Waals surface area contributed by atoms with Gasteiger partial charge < -0.3 is 20.1 Å². The number of rotatable bonds is 9. The Kier molecular flexibility index (Phi) is 8.01. The molecule has 2 aliphatic carbocycles. The summed E-state index contributed by atoms with van der Waals surface area (Å²) in [6, 6.07) is 17.9. The van der Waals surface area contributed by atoms with Crippen LogP contribution >= 0.6 is 46.8 Å². The van der Waals surface area contributed by atoms with E-state index in [1.807, 2.05) is 24.3 Å². The summed E-state index contributed by atoms with van der Waals surface area (Å²) >= 11 is 20.0. The van der Waals surface area contributed by atoms with E-state index in [1.54, 1.807) is 36.4 Å². The van der Waals surface area contributed by atoms with Gasteiger partial charge in [-0.1, -0.05) is 59.1 Å². The van der Waals surface area contributed by atoms with Crippen LogP contribution in [0, 0.1) is 5.92 Å². The fraction of sp³-hybridized carbons (Fsp3) is 0.276. The lowest BCUT2D eigenvalue weighted by atomic mass is 9.65. The van der Waals surface area contributed by atoms with E-state index in [0.29, 0.717) is 62.4 Å². The first-order valence-electron chi connectivity index (χ1n) is 12.2. The van der Waals surface area contributed by atoms with Gasteiger partial charge in [-0.05, 0) is 73.6 Å². The summed E-state index contributed by atoms with van der Waals surface area (Å²) in [6.45, 7) is -0.0626. The molecule has 2 aliphatic rings. The number of carbonyl (C=O) groups excluding carboxylic acids is 1. The Bertz CT molecular complexity index is 1380. The third-order valence-corrected chi connectivity index (χ3v) is 8.68. The molecule has 3 aromatic carbocycles. The number of benzene rings is 3. The average Bonchev–Trinajstić information content (AvgIpc) is 3.73. The molecule has 3 aromatic rings. The molecular formula is C29H26Cl3NO4S. The van der Waals surface area contributed by atoms with Crippen molar-refractivity contribution in [2.24, 2.45) is 11.7 Å². The fourth-order valence-corrected chi connectivity index (χ4v) is 6.12. The molecule has 2 fully saturated rings. The number of aliphatic hydroxyl groups is 1. The summed E-state index contributed by atoms with van der Waals surface area (Å²) in [5.41, 5.74) is 8.09. The van der Waals surface area contributed by atoms with Crippen LogP contribution in [0.3, 0.4) is 0 Å². The van der Waals surface area contributed by atoms with Gasteiger partial charge in [-0.3, -0.25) is 4.79 Å². The molecule has 0 unspecified atom stereocenters. The first kappa shape index (κ1) is 27.4. The van der Waals surface area contributed by atoms with Crippen LogP contribution in [0.2, 0.25) is 15.1 Å². The molecular weight excluding hydrogens is 565 g/mol. The van der Waals surface area contributed by atoms with Crippen molar-refractivity contribution in [1.29, 1.82) is 0 Å². The van der Waals surface area contributed by atoms with E-state index in [2.05, 4.69) is 0 Å². The summed E-state index contributed by atoms with van der Waals surface area (Å²) < 4.78 is 15.1. The first-order chi connectivity index (χ1) is 18.2. The van der Waals surface area contributed by atoms with Crippen molar-refractivity contribution in [1.82, 2.24) is 0 Å². The predicted molar refractivity (Wildman–Crippen MR) is 153 cm³/mol. The third kappa shape index (κ3) is 5.57. The molecule has 198 valence electrons. The fourth-order valence-electron chi connectivity index (χ4n) is 4.91. The van der Waals surface area contributed by atoms with E-state index < -0.39 is 5.60 Å². The predicted octanol–water partition coefficient (Wildman–Crippen LogP) is 7.71. The molecule has 5 rings (SSSR count). The van der Waals surface area contributed by atoms with Crippen molar-refractivity contribution >= 4 is 58.3 Å². The summed E-state index contributed by atoms with van der Waals surface area (Å²) in [7, 11) is 0. The smallest absolute Gasteiger partial charge is 0.167 e. The average molecular weight is 591 g/mol. The number of halogens is 3. The summed E-state index contributed by atoms with van der Waals surface area (Å²) in [5, 5.41) is 12.3. The number of ether oxygens (including phenoxy) is 1. The van der Waals surface area contributed by atoms with E-state index in [1.165, 1.54) is 0 Å². The molecule has 0 radical (unpaired) electrons. The molecule has 2 saturated carbocycles. The molecule has 4 N–H and O–H groups in total. The van der Waals surface area contributed by atoms with Crippen LogP contribution in [-0.2, 0) is 10.4 Å². The van der Waals surface area contributed by atoms with Crippen LogP contribution < -0.4 is 10.5 Å². The second-order valence-electron chi connectivity index (χ2n) is 9.85. The van der Waals surface area contributed by atoms with Gasteiger partial charge in [0.2, 0.25) is 0 Å². The number of Topliss-reactive ketones (excluding diaryl/α,β-unsaturated/α-hetero) is 1. The molecule has 9 heteroatoms. The first-order valence-corrected chi connectivity index (χ1v) is 14.1. The monoisotopic (exact) mass is 589 g/mol. The van der Waals surface area contributed by atoms with Crippen LogP contribution in [0.5, 0.6) is 5.75 Å². The lowest BCUT2D eigenvalue weighted by Crippen LogP contribution is -2.40. The quantitative estimate of drug-likeness (QED) is 0.175. The zero-order valence-corrected chi connectivity index (χ0v) is 23.4. The minimum Gasteiger partial charge on any atom is -0.489 e. The Balaban J connectivity index is 1.31. The number of hydrogen-bond donors (Lipinski definition) is 3. The van der Waals surface area contributed by atoms with Gasteiger partial charge in [0.05, 0.1) is 31.9 Å². The van der Waals surface area contributed by atoms with Crippen LogP contribution in [-0.4, -0.2) is 22.0 Å². The molecule has 0 amide bonds.